The molecular weight excluding hydrogens is 288 g/mol. The number of phenols is 1. The molecule has 0 radical (unpaired) electrons. The van der Waals surface area contributed by atoms with Gasteiger partial charge in [0.1, 0.15) is 5.75 Å². The molecule has 0 aliphatic rings. The minimum Gasteiger partial charge on any atom is -0.508 e. The fourth-order valence-electron chi connectivity index (χ4n) is 1.99. The minimum atomic E-state index is -3.73. The van der Waals surface area contributed by atoms with E-state index in [0.717, 1.165) is 15.4 Å². The number of nitrogen functional groups attached to an aromatic ring is 1. The van der Waals surface area contributed by atoms with E-state index in [1.807, 2.05) is 13.8 Å². The summed E-state index contributed by atoms with van der Waals surface area (Å²) in [4.78, 5) is 0.133. The maximum atomic E-state index is 12.6. The van der Waals surface area contributed by atoms with Crippen molar-refractivity contribution in [3.63, 3.8) is 0 Å². The summed E-state index contributed by atoms with van der Waals surface area (Å²) in [6.07, 6.45) is 0. The summed E-state index contributed by atoms with van der Waals surface area (Å²) in [6, 6.07) is 9.13. The van der Waals surface area contributed by atoms with Gasteiger partial charge in [-0.15, -0.1) is 0 Å². The molecule has 0 fully saturated rings. The van der Waals surface area contributed by atoms with E-state index >= 15 is 0 Å². The second kappa shape index (κ2) is 5.29. The van der Waals surface area contributed by atoms with E-state index in [2.05, 4.69) is 0 Å². The summed E-state index contributed by atoms with van der Waals surface area (Å²) in [5.74, 6) is 0.00847. The number of sulfonamides is 1. The molecular formula is C15H18N2O3S. The number of hydrogen-bond acceptors (Lipinski definition) is 4. The second-order valence-electron chi connectivity index (χ2n) is 4.95. The fourth-order valence-corrected chi connectivity index (χ4v) is 3.30. The van der Waals surface area contributed by atoms with Crippen molar-refractivity contribution in [2.24, 2.45) is 0 Å². The highest BCUT2D eigenvalue weighted by molar-refractivity contribution is 7.92. The zero-order valence-electron chi connectivity index (χ0n) is 12.2. The molecule has 0 bridgehead atoms. The normalized spacial score (nSPS) is 11.4. The monoisotopic (exact) mass is 306 g/mol. The fraction of sp³-hybridized carbons (Fsp3) is 0.200. The lowest BCUT2D eigenvalue weighted by Gasteiger charge is -2.20. The first-order valence-corrected chi connectivity index (χ1v) is 7.82. The van der Waals surface area contributed by atoms with Crippen LogP contribution in [0.25, 0.3) is 0 Å². The predicted octanol–water partition coefficient (Wildman–Crippen LogP) is 2.42. The van der Waals surface area contributed by atoms with Crippen LogP contribution >= 0.6 is 0 Å². The number of benzene rings is 2. The van der Waals surface area contributed by atoms with Crippen LogP contribution in [0.2, 0.25) is 0 Å². The van der Waals surface area contributed by atoms with Crippen LogP contribution in [0.4, 0.5) is 11.4 Å². The topological polar surface area (TPSA) is 83.6 Å². The van der Waals surface area contributed by atoms with Crippen molar-refractivity contribution in [3.05, 3.63) is 47.5 Å². The van der Waals surface area contributed by atoms with Gasteiger partial charge in [-0.3, -0.25) is 4.31 Å². The van der Waals surface area contributed by atoms with Gasteiger partial charge in [0.05, 0.1) is 10.6 Å². The molecule has 0 atom stereocenters. The lowest BCUT2D eigenvalue weighted by Crippen LogP contribution is -2.26. The highest BCUT2D eigenvalue weighted by atomic mass is 32.2. The Labute approximate surface area is 124 Å². The SMILES string of the molecule is Cc1cc(S(=O)(=O)N(C)c2cccc(O)c2)cc(N)c1C. The van der Waals surface area contributed by atoms with E-state index in [1.165, 1.54) is 25.2 Å². The summed E-state index contributed by atoms with van der Waals surface area (Å²) in [6.45, 7) is 3.67. The summed E-state index contributed by atoms with van der Waals surface area (Å²) < 4.78 is 26.4. The highest BCUT2D eigenvalue weighted by Crippen LogP contribution is 2.28. The Hall–Kier alpha value is -2.21. The summed E-state index contributed by atoms with van der Waals surface area (Å²) >= 11 is 0. The second-order valence-corrected chi connectivity index (χ2v) is 6.92. The maximum absolute atomic E-state index is 12.6. The van der Waals surface area contributed by atoms with Gasteiger partial charge in [-0.1, -0.05) is 6.07 Å². The van der Waals surface area contributed by atoms with Crippen molar-refractivity contribution in [2.45, 2.75) is 18.7 Å². The summed E-state index contributed by atoms with van der Waals surface area (Å²) in [5, 5.41) is 9.48. The lowest BCUT2D eigenvalue weighted by molar-refractivity contribution is 0.475. The van der Waals surface area contributed by atoms with Crippen molar-refractivity contribution in [3.8, 4) is 5.75 Å². The number of phenolic OH excluding ortho intramolecular Hbond substituents is 1. The molecule has 0 amide bonds. The molecule has 21 heavy (non-hydrogen) atoms. The van der Waals surface area contributed by atoms with Gasteiger partial charge in [0.25, 0.3) is 10.0 Å². The number of hydrogen-bond donors (Lipinski definition) is 2. The van der Waals surface area contributed by atoms with Gasteiger partial charge in [0.15, 0.2) is 0 Å². The number of nitrogens with zero attached hydrogens (tertiary/aromatic N) is 1. The lowest BCUT2D eigenvalue weighted by atomic mass is 10.1. The number of anilines is 2. The van der Waals surface area contributed by atoms with Gasteiger partial charge < -0.3 is 10.8 Å². The van der Waals surface area contributed by atoms with Gasteiger partial charge in [0, 0.05) is 18.8 Å². The largest absolute Gasteiger partial charge is 0.508 e. The van der Waals surface area contributed by atoms with Crippen LogP contribution in [0.5, 0.6) is 5.75 Å². The molecule has 2 rings (SSSR count). The average Bonchev–Trinajstić information content (AvgIpc) is 2.43. The van der Waals surface area contributed by atoms with E-state index in [1.54, 1.807) is 18.2 Å². The Kier molecular flexibility index (Phi) is 3.82. The smallest absolute Gasteiger partial charge is 0.264 e. The van der Waals surface area contributed by atoms with Gasteiger partial charge >= 0.3 is 0 Å². The first kappa shape index (κ1) is 15.2. The molecule has 0 aliphatic carbocycles. The Morgan fingerprint density at radius 3 is 2.38 bits per heavy atom. The van der Waals surface area contributed by atoms with Crippen LogP contribution in [0.3, 0.4) is 0 Å². The number of aromatic hydroxyl groups is 1. The molecule has 0 spiro atoms. The molecule has 2 aromatic carbocycles. The van der Waals surface area contributed by atoms with E-state index in [4.69, 9.17) is 5.73 Å². The Morgan fingerprint density at radius 2 is 1.81 bits per heavy atom. The van der Waals surface area contributed by atoms with Crippen molar-refractivity contribution >= 4 is 21.4 Å². The first-order chi connectivity index (χ1) is 9.73. The van der Waals surface area contributed by atoms with Crippen LogP contribution in [0, 0.1) is 13.8 Å². The van der Waals surface area contributed by atoms with Crippen LogP contribution in [0.15, 0.2) is 41.3 Å². The predicted molar refractivity (Wildman–Crippen MR) is 84.0 cm³/mol. The van der Waals surface area contributed by atoms with Crippen molar-refractivity contribution in [2.75, 3.05) is 17.1 Å². The zero-order valence-corrected chi connectivity index (χ0v) is 13.0. The Morgan fingerprint density at radius 1 is 1.14 bits per heavy atom. The van der Waals surface area contributed by atoms with E-state index < -0.39 is 10.0 Å². The molecule has 0 aromatic heterocycles. The molecule has 112 valence electrons. The summed E-state index contributed by atoms with van der Waals surface area (Å²) in [7, 11) is -2.29. The zero-order chi connectivity index (χ0) is 15.8. The third kappa shape index (κ3) is 2.80. The molecule has 2 aromatic rings. The van der Waals surface area contributed by atoms with Gasteiger partial charge in [-0.25, -0.2) is 8.42 Å². The Balaban J connectivity index is 2.52. The molecule has 0 aliphatic heterocycles. The molecule has 0 saturated heterocycles. The van der Waals surface area contributed by atoms with Crippen LogP contribution in [-0.2, 0) is 10.0 Å². The number of rotatable bonds is 3. The standard InChI is InChI=1S/C15H18N2O3S/c1-10-7-14(9-15(16)11(10)2)21(19,20)17(3)12-5-4-6-13(18)8-12/h4-9,18H,16H2,1-3H3. The van der Waals surface area contributed by atoms with Crippen LogP contribution in [-0.4, -0.2) is 20.6 Å². The minimum absolute atomic E-state index is 0.00847. The van der Waals surface area contributed by atoms with Gasteiger partial charge in [0.2, 0.25) is 0 Å². The molecule has 0 heterocycles. The number of nitrogens with two attached hydrogens (primary N) is 1. The maximum Gasteiger partial charge on any atom is 0.264 e. The van der Waals surface area contributed by atoms with Crippen LogP contribution < -0.4 is 10.0 Å². The van der Waals surface area contributed by atoms with Crippen molar-refractivity contribution in [1.29, 1.82) is 0 Å². The van der Waals surface area contributed by atoms with E-state index in [0.29, 0.717) is 11.4 Å². The number of aryl methyl sites for hydroxylation is 1. The van der Waals surface area contributed by atoms with Gasteiger partial charge in [-0.2, -0.15) is 0 Å². The Bertz CT molecular complexity index is 762. The van der Waals surface area contributed by atoms with E-state index in [-0.39, 0.29) is 10.6 Å². The average molecular weight is 306 g/mol. The molecule has 3 N–H and O–H groups in total. The quantitative estimate of drug-likeness (QED) is 0.853. The summed E-state index contributed by atoms with van der Waals surface area (Å²) in [5.41, 5.74) is 8.37. The molecule has 0 unspecified atom stereocenters. The van der Waals surface area contributed by atoms with Gasteiger partial charge in [-0.05, 0) is 49.2 Å². The third-order valence-electron chi connectivity index (χ3n) is 3.53. The van der Waals surface area contributed by atoms with Crippen LogP contribution in [0.1, 0.15) is 11.1 Å². The van der Waals surface area contributed by atoms with Crippen molar-refractivity contribution in [1.82, 2.24) is 0 Å². The highest BCUT2D eigenvalue weighted by Gasteiger charge is 2.22. The first-order valence-electron chi connectivity index (χ1n) is 6.38. The van der Waals surface area contributed by atoms with Crippen molar-refractivity contribution < 1.29 is 13.5 Å². The molecule has 5 nitrogen and oxygen atoms in total. The third-order valence-corrected chi connectivity index (χ3v) is 5.30. The van der Waals surface area contributed by atoms with E-state index in [9.17, 15) is 13.5 Å². The molecule has 6 heteroatoms. The molecule has 0 saturated carbocycles.